The van der Waals surface area contributed by atoms with Crippen LogP contribution in [0.2, 0.25) is 0 Å². The van der Waals surface area contributed by atoms with Gasteiger partial charge in [0.15, 0.2) is 0 Å². The van der Waals surface area contributed by atoms with E-state index >= 15 is 0 Å². The van der Waals surface area contributed by atoms with E-state index in [1.165, 1.54) is 28.6 Å². The van der Waals surface area contributed by atoms with Crippen LogP contribution in [0, 0.1) is 0 Å². The number of rotatable bonds is 9. The van der Waals surface area contributed by atoms with Gasteiger partial charge in [0.05, 0.1) is 4.90 Å². The molecule has 0 bridgehead atoms. The van der Waals surface area contributed by atoms with Gasteiger partial charge in [-0.1, -0.05) is 13.8 Å². The van der Waals surface area contributed by atoms with E-state index in [0.29, 0.717) is 25.1 Å². The van der Waals surface area contributed by atoms with Crippen LogP contribution in [0.15, 0.2) is 29.2 Å². The highest BCUT2D eigenvalue weighted by atomic mass is 32.2. The predicted molar refractivity (Wildman–Crippen MR) is 90.3 cm³/mol. The van der Waals surface area contributed by atoms with Gasteiger partial charge in [-0.2, -0.15) is 4.31 Å². The molecule has 0 fully saturated rings. The van der Waals surface area contributed by atoms with Gasteiger partial charge in [-0.15, -0.1) is 0 Å². The number of sulfonamides is 1. The number of benzene rings is 1. The van der Waals surface area contributed by atoms with E-state index in [0.717, 1.165) is 0 Å². The Hall–Kier alpha value is -1.93. The molecule has 0 aliphatic carbocycles. The first-order chi connectivity index (χ1) is 11.2. The molecule has 0 aliphatic rings. The molecule has 2 N–H and O–H groups in total. The van der Waals surface area contributed by atoms with Gasteiger partial charge in [0.1, 0.15) is 0 Å². The lowest BCUT2D eigenvalue weighted by Gasteiger charge is -2.18. The van der Waals surface area contributed by atoms with E-state index in [2.05, 4.69) is 5.32 Å². The van der Waals surface area contributed by atoms with Crippen molar-refractivity contribution in [1.82, 2.24) is 9.62 Å². The monoisotopic (exact) mass is 356 g/mol. The molecular weight excluding hydrogens is 332 g/mol. The third-order valence-electron chi connectivity index (χ3n) is 3.63. The summed E-state index contributed by atoms with van der Waals surface area (Å²) in [7, 11) is -3.55. The van der Waals surface area contributed by atoms with Crippen LogP contribution in [0.25, 0.3) is 0 Å². The third-order valence-corrected chi connectivity index (χ3v) is 5.69. The maximum absolute atomic E-state index is 12.4. The van der Waals surface area contributed by atoms with Crippen LogP contribution in [-0.2, 0) is 14.8 Å². The van der Waals surface area contributed by atoms with Crippen molar-refractivity contribution in [3.05, 3.63) is 29.8 Å². The number of nitrogens with one attached hydrogen (secondary N) is 1. The van der Waals surface area contributed by atoms with Crippen molar-refractivity contribution in [1.29, 1.82) is 0 Å². The zero-order valence-electron chi connectivity index (χ0n) is 14.2. The van der Waals surface area contributed by atoms with Gasteiger partial charge in [-0.05, 0) is 37.6 Å². The Morgan fingerprint density at radius 3 is 2.17 bits per heavy atom. The van der Waals surface area contributed by atoms with Gasteiger partial charge in [0.2, 0.25) is 10.0 Å². The summed E-state index contributed by atoms with van der Waals surface area (Å²) < 4.78 is 26.1. The fraction of sp³-hybridized carbons (Fsp3) is 0.500. The summed E-state index contributed by atoms with van der Waals surface area (Å²) in [6, 6.07) is 5.44. The highest BCUT2D eigenvalue weighted by Crippen LogP contribution is 2.16. The molecule has 1 rings (SSSR count). The molecule has 134 valence electrons. The summed E-state index contributed by atoms with van der Waals surface area (Å²) >= 11 is 0. The van der Waals surface area contributed by atoms with Crippen molar-refractivity contribution in [3.8, 4) is 0 Å². The Morgan fingerprint density at radius 1 is 1.17 bits per heavy atom. The number of nitrogens with zero attached hydrogens (tertiary/aromatic N) is 1. The maximum atomic E-state index is 12.4. The van der Waals surface area contributed by atoms with Gasteiger partial charge < -0.3 is 10.4 Å². The van der Waals surface area contributed by atoms with E-state index < -0.39 is 16.0 Å². The van der Waals surface area contributed by atoms with Gasteiger partial charge in [-0.3, -0.25) is 9.59 Å². The van der Waals surface area contributed by atoms with Crippen LogP contribution in [0.4, 0.5) is 0 Å². The lowest BCUT2D eigenvalue weighted by atomic mass is 10.1. The second-order valence-electron chi connectivity index (χ2n) is 5.42. The highest BCUT2D eigenvalue weighted by molar-refractivity contribution is 7.89. The fourth-order valence-electron chi connectivity index (χ4n) is 2.21. The van der Waals surface area contributed by atoms with E-state index in [4.69, 9.17) is 5.11 Å². The Morgan fingerprint density at radius 2 is 1.71 bits per heavy atom. The second kappa shape index (κ2) is 8.79. The Kier molecular flexibility index (Phi) is 7.37. The topological polar surface area (TPSA) is 104 Å². The van der Waals surface area contributed by atoms with Crippen molar-refractivity contribution in [2.24, 2.45) is 0 Å². The normalized spacial score (nSPS) is 12.8. The first-order valence-corrected chi connectivity index (χ1v) is 9.29. The van der Waals surface area contributed by atoms with Crippen molar-refractivity contribution in [2.45, 2.75) is 44.6 Å². The molecule has 1 aromatic carbocycles. The minimum atomic E-state index is -3.55. The summed E-state index contributed by atoms with van der Waals surface area (Å²) in [6.45, 7) is 6.01. The molecule has 0 radical (unpaired) electrons. The number of carbonyl (C=O) groups excluding carboxylic acids is 1. The Bertz CT molecular complexity index is 666. The molecule has 1 atom stereocenters. The summed E-state index contributed by atoms with van der Waals surface area (Å²) in [5, 5.41) is 11.3. The lowest BCUT2D eigenvalue weighted by molar-refractivity contribution is -0.137. The average molecular weight is 356 g/mol. The summed E-state index contributed by atoms with van der Waals surface area (Å²) in [6.07, 6.45) is 0.304. The number of hydrogen-bond acceptors (Lipinski definition) is 4. The number of hydrogen-bond donors (Lipinski definition) is 2. The number of carboxylic acid groups (broad SMARTS) is 1. The summed E-state index contributed by atoms with van der Waals surface area (Å²) in [4.78, 5) is 22.8. The second-order valence-corrected chi connectivity index (χ2v) is 7.36. The quantitative estimate of drug-likeness (QED) is 0.701. The molecule has 0 saturated carbocycles. The molecule has 0 aliphatic heterocycles. The minimum absolute atomic E-state index is 0.0253. The van der Waals surface area contributed by atoms with Crippen molar-refractivity contribution in [2.75, 3.05) is 13.1 Å². The van der Waals surface area contributed by atoms with Crippen LogP contribution in [-0.4, -0.2) is 48.8 Å². The molecule has 0 heterocycles. The van der Waals surface area contributed by atoms with Crippen molar-refractivity contribution in [3.63, 3.8) is 0 Å². The van der Waals surface area contributed by atoms with Crippen LogP contribution >= 0.6 is 0 Å². The molecule has 24 heavy (non-hydrogen) atoms. The maximum Gasteiger partial charge on any atom is 0.303 e. The largest absolute Gasteiger partial charge is 0.481 e. The number of carboxylic acids is 1. The number of aliphatic carboxylic acids is 1. The van der Waals surface area contributed by atoms with Gasteiger partial charge in [0.25, 0.3) is 5.91 Å². The Balaban J connectivity index is 2.80. The summed E-state index contributed by atoms with van der Waals surface area (Å²) in [5.41, 5.74) is 0.329. The van der Waals surface area contributed by atoms with Crippen LogP contribution < -0.4 is 5.32 Å². The van der Waals surface area contributed by atoms with E-state index in [1.807, 2.05) is 0 Å². The van der Waals surface area contributed by atoms with E-state index in [-0.39, 0.29) is 23.3 Å². The highest BCUT2D eigenvalue weighted by Gasteiger charge is 2.21. The zero-order valence-corrected chi connectivity index (χ0v) is 15.0. The van der Waals surface area contributed by atoms with Crippen LogP contribution in [0.3, 0.4) is 0 Å². The standard InChI is InChI=1S/C16H24N2O5S/c1-4-18(5-2)24(22,23)14-9-7-13(8-10-14)16(21)17-12(3)6-11-15(19)20/h7-10,12H,4-6,11H2,1-3H3,(H,17,21)(H,19,20). The van der Waals surface area contributed by atoms with Crippen LogP contribution in [0.5, 0.6) is 0 Å². The van der Waals surface area contributed by atoms with Crippen LogP contribution in [0.1, 0.15) is 44.0 Å². The smallest absolute Gasteiger partial charge is 0.303 e. The van der Waals surface area contributed by atoms with E-state index in [9.17, 15) is 18.0 Å². The molecule has 7 nitrogen and oxygen atoms in total. The van der Waals surface area contributed by atoms with Crippen molar-refractivity contribution < 1.29 is 23.1 Å². The van der Waals surface area contributed by atoms with Gasteiger partial charge in [0, 0.05) is 31.1 Å². The molecule has 1 aromatic rings. The lowest BCUT2D eigenvalue weighted by Crippen LogP contribution is -2.33. The average Bonchev–Trinajstić information content (AvgIpc) is 2.54. The predicted octanol–water partition coefficient (Wildman–Crippen LogP) is 1.70. The SMILES string of the molecule is CCN(CC)S(=O)(=O)c1ccc(C(=O)NC(C)CCC(=O)O)cc1. The van der Waals surface area contributed by atoms with Gasteiger partial charge in [-0.25, -0.2) is 8.42 Å². The third kappa shape index (κ3) is 5.31. The molecule has 8 heteroatoms. The zero-order chi connectivity index (χ0) is 18.3. The summed E-state index contributed by atoms with van der Waals surface area (Å²) in [5.74, 6) is -1.28. The molecule has 0 saturated heterocycles. The van der Waals surface area contributed by atoms with Crippen molar-refractivity contribution >= 4 is 21.9 Å². The van der Waals surface area contributed by atoms with E-state index in [1.54, 1.807) is 20.8 Å². The molecular formula is C16H24N2O5S. The molecule has 0 aromatic heterocycles. The van der Waals surface area contributed by atoms with Gasteiger partial charge >= 0.3 is 5.97 Å². The molecule has 1 amide bonds. The molecule has 0 spiro atoms. The number of carbonyl (C=O) groups is 2. The minimum Gasteiger partial charge on any atom is -0.481 e. The fourth-order valence-corrected chi connectivity index (χ4v) is 3.67. The number of amides is 1. The Labute approximate surface area is 142 Å². The molecule has 1 unspecified atom stereocenters. The first-order valence-electron chi connectivity index (χ1n) is 7.85. The first kappa shape index (κ1) is 20.1.